The Balaban J connectivity index is 2.49. The molecule has 0 aromatic rings. The molecule has 19 heavy (non-hydrogen) atoms. The fraction of sp³-hybridized carbons (Fsp3) is 0.750. The molecule has 2 atom stereocenters. The lowest BCUT2D eigenvalue weighted by atomic mass is 10.0. The first-order valence-corrected chi connectivity index (χ1v) is 6.44. The molecule has 0 aromatic heterocycles. The van der Waals surface area contributed by atoms with Gasteiger partial charge in [0.05, 0.1) is 6.42 Å². The average Bonchev–Trinajstić information content (AvgIpc) is 2.76. The Labute approximate surface area is 111 Å². The summed E-state index contributed by atoms with van der Waals surface area (Å²) >= 11 is 0. The molecular formula is C12H20N2O5. The number of hydrogen-bond acceptors (Lipinski definition) is 3. The van der Waals surface area contributed by atoms with Crippen LogP contribution in [-0.2, 0) is 9.59 Å². The van der Waals surface area contributed by atoms with Gasteiger partial charge in [-0.1, -0.05) is 13.3 Å². The van der Waals surface area contributed by atoms with Crippen molar-refractivity contribution in [1.82, 2.24) is 10.2 Å². The molecule has 7 heteroatoms. The van der Waals surface area contributed by atoms with E-state index in [4.69, 9.17) is 10.2 Å². The van der Waals surface area contributed by atoms with E-state index in [2.05, 4.69) is 12.2 Å². The number of likely N-dealkylation sites (tertiary alicyclic amines) is 1. The van der Waals surface area contributed by atoms with Crippen LogP contribution in [-0.4, -0.2) is 52.2 Å². The van der Waals surface area contributed by atoms with E-state index in [9.17, 15) is 14.4 Å². The highest BCUT2D eigenvalue weighted by molar-refractivity contribution is 5.86. The fourth-order valence-electron chi connectivity index (χ4n) is 2.28. The highest BCUT2D eigenvalue weighted by Crippen LogP contribution is 2.20. The molecule has 1 unspecified atom stereocenters. The third-order valence-electron chi connectivity index (χ3n) is 3.24. The maximum atomic E-state index is 11.9. The van der Waals surface area contributed by atoms with E-state index in [0.29, 0.717) is 19.0 Å². The zero-order valence-electron chi connectivity index (χ0n) is 11.0. The van der Waals surface area contributed by atoms with Crippen molar-refractivity contribution in [2.45, 2.75) is 38.6 Å². The van der Waals surface area contributed by atoms with E-state index in [-0.39, 0.29) is 0 Å². The number of urea groups is 1. The summed E-state index contributed by atoms with van der Waals surface area (Å²) in [5.74, 6) is -2.13. The second-order valence-corrected chi connectivity index (χ2v) is 4.83. The number of carbonyl (C=O) groups excluding carboxylic acids is 1. The monoisotopic (exact) mass is 272 g/mol. The van der Waals surface area contributed by atoms with Crippen LogP contribution in [0.5, 0.6) is 0 Å². The number of amides is 2. The molecule has 1 aliphatic rings. The van der Waals surface area contributed by atoms with Gasteiger partial charge in [-0.05, 0) is 18.8 Å². The van der Waals surface area contributed by atoms with Crippen LogP contribution in [0.2, 0.25) is 0 Å². The van der Waals surface area contributed by atoms with Crippen LogP contribution in [0.25, 0.3) is 0 Å². The molecule has 0 spiro atoms. The van der Waals surface area contributed by atoms with E-state index in [0.717, 1.165) is 19.3 Å². The summed E-state index contributed by atoms with van der Waals surface area (Å²) in [4.78, 5) is 34.8. The van der Waals surface area contributed by atoms with E-state index < -0.39 is 30.4 Å². The summed E-state index contributed by atoms with van der Waals surface area (Å²) in [5, 5.41) is 19.7. The summed E-state index contributed by atoms with van der Waals surface area (Å²) in [6, 6.07) is -1.87. The van der Waals surface area contributed by atoms with Crippen molar-refractivity contribution < 1.29 is 24.6 Å². The van der Waals surface area contributed by atoms with Gasteiger partial charge in [-0.3, -0.25) is 4.79 Å². The molecule has 0 bridgehead atoms. The van der Waals surface area contributed by atoms with Crippen LogP contribution in [0.15, 0.2) is 0 Å². The predicted octanol–water partition coefficient (Wildman–Crippen LogP) is 0.746. The Morgan fingerprint density at radius 1 is 1.37 bits per heavy atom. The van der Waals surface area contributed by atoms with Crippen molar-refractivity contribution in [3.05, 3.63) is 0 Å². The summed E-state index contributed by atoms with van der Waals surface area (Å²) in [7, 11) is 0. The molecular weight excluding hydrogens is 252 g/mol. The number of carboxylic acid groups (broad SMARTS) is 2. The number of aliphatic carboxylic acids is 2. The van der Waals surface area contributed by atoms with Gasteiger partial charge in [-0.15, -0.1) is 0 Å². The maximum absolute atomic E-state index is 11.9. The second kappa shape index (κ2) is 6.96. The molecule has 0 saturated carbocycles. The molecule has 1 fully saturated rings. The van der Waals surface area contributed by atoms with Gasteiger partial charge in [0.25, 0.3) is 0 Å². The molecule has 7 nitrogen and oxygen atoms in total. The lowest BCUT2D eigenvalue weighted by Crippen LogP contribution is -2.48. The maximum Gasteiger partial charge on any atom is 0.326 e. The Morgan fingerprint density at radius 3 is 2.58 bits per heavy atom. The summed E-state index contributed by atoms with van der Waals surface area (Å²) in [6.45, 7) is 3.28. The van der Waals surface area contributed by atoms with E-state index in [1.54, 1.807) is 4.90 Å². The van der Waals surface area contributed by atoms with Gasteiger partial charge in [-0.2, -0.15) is 0 Å². The average molecular weight is 272 g/mol. The lowest BCUT2D eigenvalue weighted by Gasteiger charge is -2.20. The highest BCUT2D eigenvalue weighted by atomic mass is 16.4. The van der Waals surface area contributed by atoms with Gasteiger partial charge in [0.15, 0.2) is 0 Å². The summed E-state index contributed by atoms with van der Waals surface area (Å²) in [6.07, 6.45) is 2.39. The molecule has 1 heterocycles. The molecule has 0 aromatic carbocycles. The van der Waals surface area contributed by atoms with Crippen molar-refractivity contribution >= 4 is 18.0 Å². The molecule has 1 aliphatic heterocycles. The molecule has 3 N–H and O–H groups in total. The predicted molar refractivity (Wildman–Crippen MR) is 66.8 cm³/mol. The number of carboxylic acids is 2. The minimum Gasteiger partial charge on any atom is -0.481 e. The number of nitrogens with zero attached hydrogens (tertiary/aromatic N) is 1. The first-order valence-electron chi connectivity index (χ1n) is 6.44. The van der Waals surface area contributed by atoms with Gasteiger partial charge >= 0.3 is 18.0 Å². The van der Waals surface area contributed by atoms with Crippen LogP contribution < -0.4 is 5.32 Å². The molecule has 1 saturated heterocycles. The molecule has 0 aliphatic carbocycles. The van der Waals surface area contributed by atoms with Crippen molar-refractivity contribution in [2.75, 3.05) is 13.1 Å². The van der Waals surface area contributed by atoms with Gasteiger partial charge in [0, 0.05) is 13.1 Å². The van der Waals surface area contributed by atoms with Crippen LogP contribution in [0.1, 0.15) is 32.6 Å². The first-order chi connectivity index (χ1) is 8.93. The number of hydrogen-bond donors (Lipinski definition) is 3. The van der Waals surface area contributed by atoms with Crippen molar-refractivity contribution in [2.24, 2.45) is 5.92 Å². The van der Waals surface area contributed by atoms with E-state index in [1.807, 2.05) is 0 Å². The largest absolute Gasteiger partial charge is 0.481 e. The Kier molecular flexibility index (Phi) is 5.59. The smallest absolute Gasteiger partial charge is 0.326 e. The quantitative estimate of drug-likeness (QED) is 0.661. The van der Waals surface area contributed by atoms with Gasteiger partial charge < -0.3 is 20.4 Å². The van der Waals surface area contributed by atoms with Crippen molar-refractivity contribution in [1.29, 1.82) is 0 Å². The van der Waals surface area contributed by atoms with E-state index >= 15 is 0 Å². The minimum atomic E-state index is -1.38. The topological polar surface area (TPSA) is 107 Å². The Hall–Kier alpha value is -1.79. The van der Waals surface area contributed by atoms with Gasteiger partial charge in [0.1, 0.15) is 6.04 Å². The summed E-state index contributed by atoms with van der Waals surface area (Å²) < 4.78 is 0. The van der Waals surface area contributed by atoms with Crippen LogP contribution >= 0.6 is 0 Å². The molecule has 2 amide bonds. The van der Waals surface area contributed by atoms with Crippen LogP contribution in [0, 0.1) is 5.92 Å². The third-order valence-corrected chi connectivity index (χ3v) is 3.24. The molecule has 0 radical (unpaired) electrons. The third kappa shape index (κ3) is 4.76. The van der Waals surface area contributed by atoms with Gasteiger partial charge in [0.2, 0.25) is 0 Å². The summed E-state index contributed by atoms with van der Waals surface area (Å²) in [5.41, 5.74) is 0. The standard InChI is InChI=1S/C12H20N2O5/c1-2-3-8-4-5-14(7-8)12(19)13-9(11(17)18)6-10(15)16/h8-9H,2-7H2,1H3,(H,13,19)(H,15,16)(H,17,18)/t8?,9-/m1/s1. The van der Waals surface area contributed by atoms with Crippen molar-refractivity contribution in [3.8, 4) is 0 Å². The zero-order chi connectivity index (χ0) is 14.4. The Morgan fingerprint density at radius 2 is 2.05 bits per heavy atom. The Bertz CT molecular complexity index is 358. The second-order valence-electron chi connectivity index (χ2n) is 4.83. The first kappa shape index (κ1) is 15.3. The number of rotatable bonds is 6. The SMILES string of the molecule is CCCC1CCN(C(=O)N[C@H](CC(=O)O)C(=O)O)C1. The van der Waals surface area contributed by atoms with Crippen LogP contribution in [0.4, 0.5) is 4.79 Å². The van der Waals surface area contributed by atoms with Gasteiger partial charge in [-0.25, -0.2) is 9.59 Å². The minimum absolute atomic E-state index is 0.457. The number of carbonyl (C=O) groups is 3. The fourth-order valence-corrected chi connectivity index (χ4v) is 2.28. The normalized spacial score (nSPS) is 20.1. The molecule has 1 rings (SSSR count). The lowest BCUT2D eigenvalue weighted by molar-refractivity contribution is -0.145. The van der Waals surface area contributed by atoms with Crippen LogP contribution in [0.3, 0.4) is 0 Å². The highest BCUT2D eigenvalue weighted by Gasteiger charge is 2.29. The van der Waals surface area contributed by atoms with Crippen molar-refractivity contribution in [3.63, 3.8) is 0 Å². The molecule has 108 valence electrons. The number of nitrogens with one attached hydrogen (secondary N) is 1. The zero-order valence-corrected chi connectivity index (χ0v) is 11.0. The van der Waals surface area contributed by atoms with E-state index in [1.165, 1.54) is 0 Å².